The molecule has 1 aliphatic heterocycles. The highest BCUT2D eigenvalue weighted by atomic mass is 35.5. The molecule has 3 rings (SSSR count). The van der Waals surface area contributed by atoms with Crippen molar-refractivity contribution < 1.29 is 9.59 Å². The lowest BCUT2D eigenvalue weighted by molar-refractivity contribution is 0.0532. The Bertz CT molecular complexity index is 746. The molecule has 0 aliphatic carbocycles. The highest BCUT2D eigenvalue weighted by molar-refractivity contribution is 6.41. The molecule has 1 fully saturated rings. The highest BCUT2D eigenvalue weighted by Crippen LogP contribution is 2.23. The lowest BCUT2D eigenvalue weighted by atomic mass is 10.2. The Morgan fingerprint density at radius 3 is 1.92 bits per heavy atom. The van der Waals surface area contributed by atoms with Gasteiger partial charge in [0.05, 0.1) is 5.02 Å². The summed E-state index contributed by atoms with van der Waals surface area (Å²) in [4.78, 5) is 31.0. The average Bonchev–Trinajstić information content (AvgIpc) is 2.93. The van der Waals surface area contributed by atoms with Crippen molar-refractivity contribution in [3.8, 4) is 0 Å². The monoisotopic (exact) mass is 385 g/mol. The molecule has 5 nitrogen and oxygen atoms in total. The summed E-state index contributed by atoms with van der Waals surface area (Å²) in [6.07, 6.45) is 0. The van der Waals surface area contributed by atoms with Gasteiger partial charge in [0.15, 0.2) is 0 Å². The number of aromatic amines is 1. The third-order valence-corrected chi connectivity index (χ3v) is 4.85. The van der Waals surface area contributed by atoms with Gasteiger partial charge < -0.3 is 14.8 Å². The summed E-state index contributed by atoms with van der Waals surface area (Å²) < 4.78 is 0. The SMILES string of the molecule is O=C(c1ccc(Cl)cc1)N1CCN(C(=O)c2cc(Cl)c(Cl)[nH]2)CC1. The smallest absolute Gasteiger partial charge is 0.270 e. The maximum atomic E-state index is 12.4. The normalized spacial score (nSPS) is 14.8. The Hall–Kier alpha value is -1.69. The Morgan fingerprint density at radius 1 is 0.875 bits per heavy atom. The van der Waals surface area contributed by atoms with Gasteiger partial charge in [-0.25, -0.2) is 0 Å². The second-order valence-electron chi connectivity index (χ2n) is 5.44. The standard InChI is InChI=1S/C16H14Cl3N3O2/c17-11-3-1-10(2-4-11)15(23)21-5-7-22(8-6-21)16(24)13-9-12(18)14(19)20-13/h1-4,9,20H,5-8H2. The predicted molar refractivity (Wildman–Crippen MR) is 94.1 cm³/mol. The van der Waals surface area contributed by atoms with Crippen LogP contribution < -0.4 is 0 Å². The molecule has 126 valence electrons. The summed E-state index contributed by atoms with van der Waals surface area (Å²) in [6, 6.07) is 8.29. The van der Waals surface area contributed by atoms with E-state index in [-0.39, 0.29) is 17.0 Å². The molecule has 1 aromatic heterocycles. The first-order chi connectivity index (χ1) is 11.5. The largest absolute Gasteiger partial charge is 0.340 e. The van der Waals surface area contributed by atoms with Crippen LogP contribution in [0.15, 0.2) is 30.3 Å². The van der Waals surface area contributed by atoms with Crippen LogP contribution in [0.2, 0.25) is 15.2 Å². The van der Waals surface area contributed by atoms with E-state index >= 15 is 0 Å². The number of piperazine rings is 1. The van der Waals surface area contributed by atoms with Crippen LogP contribution in [-0.4, -0.2) is 52.8 Å². The molecule has 0 spiro atoms. The van der Waals surface area contributed by atoms with Crippen LogP contribution in [0.5, 0.6) is 0 Å². The Labute approximate surface area is 154 Å². The van der Waals surface area contributed by atoms with Crippen LogP contribution in [0.25, 0.3) is 0 Å². The molecule has 0 saturated carbocycles. The molecule has 1 saturated heterocycles. The van der Waals surface area contributed by atoms with Crippen LogP contribution >= 0.6 is 34.8 Å². The summed E-state index contributed by atoms with van der Waals surface area (Å²) in [6.45, 7) is 1.84. The molecule has 8 heteroatoms. The predicted octanol–water partition coefficient (Wildman–Crippen LogP) is 3.57. The van der Waals surface area contributed by atoms with Crippen molar-refractivity contribution in [3.63, 3.8) is 0 Å². The summed E-state index contributed by atoms with van der Waals surface area (Å²) in [5.41, 5.74) is 0.935. The first kappa shape index (κ1) is 17.1. The molecule has 1 N–H and O–H groups in total. The van der Waals surface area contributed by atoms with Gasteiger partial charge in [-0.3, -0.25) is 9.59 Å². The maximum Gasteiger partial charge on any atom is 0.270 e. The van der Waals surface area contributed by atoms with Crippen molar-refractivity contribution in [3.05, 3.63) is 56.8 Å². The van der Waals surface area contributed by atoms with Crippen molar-refractivity contribution >= 4 is 46.6 Å². The fourth-order valence-electron chi connectivity index (χ4n) is 2.58. The van der Waals surface area contributed by atoms with Crippen molar-refractivity contribution in [2.45, 2.75) is 0 Å². The van der Waals surface area contributed by atoms with E-state index in [1.54, 1.807) is 34.1 Å². The molecule has 1 aliphatic rings. The van der Waals surface area contributed by atoms with Crippen LogP contribution in [0, 0.1) is 0 Å². The van der Waals surface area contributed by atoms with Crippen molar-refractivity contribution in [2.24, 2.45) is 0 Å². The summed E-state index contributed by atoms with van der Waals surface area (Å²) in [5.74, 6) is -0.243. The number of hydrogen-bond acceptors (Lipinski definition) is 2. The van der Waals surface area contributed by atoms with Gasteiger partial charge in [0, 0.05) is 36.8 Å². The zero-order valence-electron chi connectivity index (χ0n) is 12.6. The molecule has 2 heterocycles. The number of carbonyl (C=O) groups is 2. The zero-order valence-corrected chi connectivity index (χ0v) is 14.8. The summed E-state index contributed by atoms with van der Waals surface area (Å²) in [5, 5.41) is 1.15. The van der Waals surface area contributed by atoms with E-state index in [4.69, 9.17) is 34.8 Å². The van der Waals surface area contributed by atoms with E-state index < -0.39 is 0 Å². The number of hydrogen-bond donors (Lipinski definition) is 1. The van der Waals surface area contributed by atoms with Crippen LogP contribution in [0.1, 0.15) is 20.8 Å². The lowest BCUT2D eigenvalue weighted by Gasteiger charge is -2.34. The van der Waals surface area contributed by atoms with E-state index in [0.29, 0.717) is 47.5 Å². The average molecular weight is 387 g/mol. The molecule has 24 heavy (non-hydrogen) atoms. The van der Waals surface area contributed by atoms with Gasteiger partial charge in [-0.2, -0.15) is 0 Å². The molecule has 2 amide bonds. The number of carbonyl (C=O) groups excluding carboxylic acids is 2. The van der Waals surface area contributed by atoms with Gasteiger partial charge >= 0.3 is 0 Å². The Morgan fingerprint density at radius 2 is 1.42 bits per heavy atom. The van der Waals surface area contributed by atoms with Gasteiger partial charge in [0.25, 0.3) is 11.8 Å². The second-order valence-corrected chi connectivity index (χ2v) is 6.66. The number of H-pyrrole nitrogens is 1. The van der Waals surface area contributed by atoms with Gasteiger partial charge in [-0.15, -0.1) is 0 Å². The number of amides is 2. The molecule has 0 atom stereocenters. The Balaban J connectivity index is 1.62. The lowest BCUT2D eigenvalue weighted by Crippen LogP contribution is -2.50. The fourth-order valence-corrected chi connectivity index (χ4v) is 3.02. The summed E-state index contributed by atoms with van der Waals surface area (Å²) >= 11 is 17.5. The van der Waals surface area contributed by atoms with Crippen LogP contribution in [0.4, 0.5) is 0 Å². The molecule has 2 aromatic rings. The van der Waals surface area contributed by atoms with E-state index in [1.165, 1.54) is 6.07 Å². The second kappa shape index (κ2) is 7.05. The highest BCUT2D eigenvalue weighted by Gasteiger charge is 2.26. The van der Waals surface area contributed by atoms with E-state index in [1.807, 2.05) is 0 Å². The number of nitrogens with zero attached hydrogens (tertiary/aromatic N) is 2. The molecular weight excluding hydrogens is 373 g/mol. The third kappa shape index (κ3) is 3.53. The number of benzene rings is 1. The number of halogens is 3. The van der Waals surface area contributed by atoms with Crippen molar-refractivity contribution in [2.75, 3.05) is 26.2 Å². The summed E-state index contributed by atoms with van der Waals surface area (Å²) in [7, 11) is 0. The van der Waals surface area contributed by atoms with Gasteiger partial charge in [-0.1, -0.05) is 34.8 Å². The van der Waals surface area contributed by atoms with E-state index in [9.17, 15) is 9.59 Å². The molecule has 1 aromatic carbocycles. The van der Waals surface area contributed by atoms with Gasteiger partial charge in [0.2, 0.25) is 0 Å². The van der Waals surface area contributed by atoms with Crippen LogP contribution in [0.3, 0.4) is 0 Å². The topological polar surface area (TPSA) is 56.4 Å². The third-order valence-electron chi connectivity index (χ3n) is 3.90. The molecule has 0 radical (unpaired) electrons. The van der Waals surface area contributed by atoms with E-state index in [2.05, 4.69) is 4.98 Å². The minimum absolute atomic E-state index is 0.0651. The number of aromatic nitrogens is 1. The van der Waals surface area contributed by atoms with Crippen molar-refractivity contribution in [1.29, 1.82) is 0 Å². The van der Waals surface area contributed by atoms with Gasteiger partial charge in [-0.05, 0) is 30.3 Å². The maximum absolute atomic E-state index is 12.4. The quantitative estimate of drug-likeness (QED) is 0.858. The molecule has 0 unspecified atom stereocenters. The fraction of sp³-hybridized carbons (Fsp3) is 0.250. The molecular formula is C16H14Cl3N3O2. The number of rotatable bonds is 2. The number of nitrogens with one attached hydrogen (secondary N) is 1. The van der Waals surface area contributed by atoms with Crippen molar-refractivity contribution in [1.82, 2.24) is 14.8 Å². The minimum Gasteiger partial charge on any atom is -0.340 e. The first-order valence-corrected chi connectivity index (χ1v) is 8.47. The zero-order chi connectivity index (χ0) is 17.3. The minimum atomic E-state index is -0.178. The van der Waals surface area contributed by atoms with E-state index in [0.717, 1.165) is 0 Å². The van der Waals surface area contributed by atoms with Gasteiger partial charge in [0.1, 0.15) is 10.8 Å². The first-order valence-electron chi connectivity index (χ1n) is 7.34. The van der Waals surface area contributed by atoms with Crippen LogP contribution in [-0.2, 0) is 0 Å². The Kier molecular flexibility index (Phi) is 5.04. The molecule has 0 bridgehead atoms.